The molecule has 3 aromatic rings. The van der Waals surface area contributed by atoms with Crippen LogP contribution in [0, 0.1) is 18.8 Å². The van der Waals surface area contributed by atoms with Crippen LogP contribution >= 0.6 is 0 Å². The molecule has 1 atom stereocenters. The fourth-order valence-corrected chi connectivity index (χ4v) is 2.55. The summed E-state index contributed by atoms with van der Waals surface area (Å²) in [6.45, 7) is 4.52. The molecular weight excluding hydrogens is 391 g/mol. The van der Waals surface area contributed by atoms with Crippen molar-refractivity contribution in [2.24, 2.45) is 5.73 Å². The molecule has 3 N–H and O–H groups in total. The van der Waals surface area contributed by atoms with Gasteiger partial charge in [-0.15, -0.1) is 0 Å². The first kappa shape index (κ1) is 22.6. The van der Waals surface area contributed by atoms with Crippen molar-refractivity contribution in [1.82, 2.24) is 14.7 Å². The van der Waals surface area contributed by atoms with Crippen molar-refractivity contribution in [2.45, 2.75) is 26.5 Å². The maximum absolute atomic E-state index is 11.3. The van der Waals surface area contributed by atoms with Gasteiger partial charge in [-0.25, -0.2) is 4.98 Å². The zero-order valence-electron chi connectivity index (χ0n) is 16.9. The number of carbonyl (C=O) groups is 1. The van der Waals surface area contributed by atoms with E-state index in [1.165, 1.54) is 0 Å². The summed E-state index contributed by atoms with van der Waals surface area (Å²) in [5.74, 6) is 7.19. The lowest BCUT2D eigenvalue weighted by molar-refractivity contribution is 0.0996. The molecule has 158 valence electrons. The number of aliphatic hydroxyl groups is 1. The number of hydrogen-bond acceptors (Lipinski definition) is 6. The Labute approximate surface area is 173 Å². The van der Waals surface area contributed by atoms with Crippen LogP contribution in [-0.4, -0.2) is 45.6 Å². The molecule has 1 aliphatic heterocycles. The highest BCUT2D eigenvalue weighted by atomic mass is 19.1. The van der Waals surface area contributed by atoms with Gasteiger partial charge < -0.3 is 24.7 Å². The monoisotopic (exact) mass is 414 g/mol. The number of imidazole rings is 1. The smallest absolute Gasteiger partial charge is 0.268 e. The van der Waals surface area contributed by atoms with Crippen molar-refractivity contribution in [3.63, 3.8) is 0 Å². The van der Waals surface area contributed by atoms with Crippen LogP contribution in [0.3, 0.4) is 0 Å². The number of aryl methyl sites for hydroxylation is 1. The molecule has 4 rings (SSSR count). The molecule has 8 nitrogen and oxygen atoms in total. The number of alkyl halides is 1. The van der Waals surface area contributed by atoms with E-state index in [4.69, 9.17) is 10.5 Å². The summed E-state index contributed by atoms with van der Waals surface area (Å²) in [5.41, 5.74) is 7.01. The quantitative estimate of drug-likeness (QED) is 0.591. The second-order valence-electron chi connectivity index (χ2n) is 6.14. The Balaban J connectivity index is 0.000000340. The predicted octanol–water partition coefficient (Wildman–Crippen LogP) is 2.34. The average molecular weight is 414 g/mol. The van der Waals surface area contributed by atoms with Crippen LogP contribution in [0.1, 0.15) is 28.7 Å². The second-order valence-corrected chi connectivity index (χ2v) is 6.14. The predicted molar refractivity (Wildman–Crippen MR) is 109 cm³/mol. The van der Waals surface area contributed by atoms with E-state index in [9.17, 15) is 14.3 Å². The summed E-state index contributed by atoms with van der Waals surface area (Å²) < 4.78 is 21.6. The number of rotatable bonds is 1. The van der Waals surface area contributed by atoms with Gasteiger partial charge in [0, 0.05) is 17.8 Å². The van der Waals surface area contributed by atoms with Crippen molar-refractivity contribution in [1.29, 1.82) is 0 Å². The third-order valence-electron chi connectivity index (χ3n) is 3.83. The molecule has 1 unspecified atom stereocenters. The van der Waals surface area contributed by atoms with Crippen molar-refractivity contribution in [2.75, 3.05) is 13.8 Å². The Morgan fingerprint density at radius 2 is 2.13 bits per heavy atom. The summed E-state index contributed by atoms with van der Waals surface area (Å²) in [6, 6.07) is 7.27. The third-order valence-corrected chi connectivity index (χ3v) is 3.83. The number of benzene rings is 1. The number of nitrogens with two attached hydrogens (primary N) is 1. The zero-order chi connectivity index (χ0) is 22.1. The van der Waals surface area contributed by atoms with Gasteiger partial charge in [0.1, 0.15) is 35.7 Å². The van der Waals surface area contributed by atoms with Crippen LogP contribution in [-0.2, 0) is 6.54 Å². The van der Waals surface area contributed by atoms with Gasteiger partial charge in [-0.2, -0.15) is 0 Å². The van der Waals surface area contributed by atoms with Gasteiger partial charge in [0.25, 0.3) is 5.91 Å². The molecular formula is C21H23FN4O4. The number of hydrogen-bond donors (Lipinski definition) is 2. The van der Waals surface area contributed by atoms with Crippen LogP contribution in [0.4, 0.5) is 4.39 Å². The van der Waals surface area contributed by atoms with Gasteiger partial charge in [0.15, 0.2) is 0 Å². The van der Waals surface area contributed by atoms with E-state index >= 15 is 0 Å². The molecule has 3 heterocycles. The molecule has 1 aliphatic rings. The van der Waals surface area contributed by atoms with Gasteiger partial charge >= 0.3 is 0 Å². The molecule has 0 spiro atoms. The summed E-state index contributed by atoms with van der Waals surface area (Å²) >= 11 is 0. The number of nitrogens with zero attached hydrogens (tertiary/aromatic N) is 3. The molecule has 0 bridgehead atoms. The highest BCUT2D eigenvalue weighted by molar-refractivity contribution is 5.91. The number of halogens is 1. The SMILES string of the molecule is CC(O)C#Cc1ccc2c(c1)-c1nc(C(N)=O)cn1CCO2.CF.Cc1ccno1. The van der Waals surface area contributed by atoms with Gasteiger partial charge in [0.05, 0.1) is 25.5 Å². The normalized spacial score (nSPS) is 12.0. The van der Waals surface area contributed by atoms with Gasteiger partial charge in [-0.3, -0.25) is 9.18 Å². The maximum atomic E-state index is 11.3. The molecule has 30 heavy (non-hydrogen) atoms. The molecule has 0 aliphatic carbocycles. The Hall–Kier alpha value is -3.64. The fraction of sp³-hybridized carbons (Fsp3) is 0.286. The minimum atomic E-state index is -0.696. The summed E-state index contributed by atoms with van der Waals surface area (Å²) in [6.07, 6.45) is 2.55. The molecule has 1 aromatic carbocycles. The highest BCUT2D eigenvalue weighted by Gasteiger charge is 2.20. The molecule has 9 heteroatoms. The van der Waals surface area contributed by atoms with E-state index in [1.54, 1.807) is 25.4 Å². The van der Waals surface area contributed by atoms with Crippen LogP contribution in [0.2, 0.25) is 0 Å². The average Bonchev–Trinajstić information content (AvgIpc) is 3.35. The number of ether oxygens (including phenoxy) is 1. The number of aliphatic hydroxyl groups excluding tert-OH is 1. The zero-order valence-corrected chi connectivity index (χ0v) is 16.9. The number of carbonyl (C=O) groups excluding carboxylic acids is 1. The van der Waals surface area contributed by atoms with E-state index in [2.05, 4.69) is 26.5 Å². The lowest BCUT2D eigenvalue weighted by Crippen LogP contribution is -2.11. The largest absolute Gasteiger partial charge is 0.491 e. The lowest BCUT2D eigenvalue weighted by Gasteiger charge is -2.06. The van der Waals surface area contributed by atoms with E-state index in [0.717, 1.165) is 16.9 Å². The van der Waals surface area contributed by atoms with E-state index in [0.29, 0.717) is 31.9 Å². The number of amides is 1. The lowest BCUT2D eigenvalue weighted by atomic mass is 10.1. The Morgan fingerprint density at radius 3 is 2.70 bits per heavy atom. The van der Waals surface area contributed by atoms with Crippen molar-refractivity contribution in [3.8, 4) is 29.0 Å². The van der Waals surface area contributed by atoms with Crippen molar-refractivity contribution < 1.29 is 23.6 Å². The topological polar surface area (TPSA) is 116 Å². The molecule has 0 radical (unpaired) electrons. The minimum Gasteiger partial charge on any atom is -0.491 e. The second kappa shape index (κ2) is 10.8. The van der Waals surface area contributed by atoms with Crippen LogP contribution in [0.5, 0.6) is 5.75 Å². The molecule has 0 fully saturated rings. The Bertz CT molecular complexity index is 1030. The van der Waals surface area contributed by atoms with Crippen LogP contribution in [0.15, 0.2) is 41.2 Å². The van der Waals surface area contributed by atoms with E-state index < -0.39 is 12.0 Å². The Kier molecular flexibility index (Phi) is 8.14. The number of aromatic nitrogens is 3. The van der Waals surface area contributed by atoms with Crippen molar-refractivity contribution in [3.05, 3.63) is 53.7 Å². The fourth-order valence-electron chi connectivity index (χ4n) is 2.55. The number of primary amides is 1. The molecule has 0 saturated carbocycles. The van der Waals surface area contributed by atoms with Crippen LogP contribution < -0.4 is 10.5 Å². The molecule has 2 aromatic heterocycles. The van der Waals surface area contributed by atoms with Crippen molar-refractivity contribution >= 4 is 5.91 Å². The summed E-state index contributed by atoms with van der Waals surface area (Å²) in [4.78, 5) is 15.6. The first-order chi connectivity index (χ1) is 14.4. The standard InChI is InChI=1S/C16H15N3O3.C4H5NO.CH3F/c1-10(20)2-3-11-4-5-14-12(8-11)16-18-13(15(17)21)9-19(16)6-7-22-14;1-4-2-3-5-6-4;1-2/h4-5,8-10,20H,6-7H2,1H3,(H2,17,21);2-3H,1H3;1H3. The first-order valence-electron chi connectivity index (χ1n) is 9.03. The summed E-state index contributed by atoms with van der Waals surface area (Å²) in [5, 5.41) is 12.7. The number of fused-ring (bicyclic) bond motifs is 3. The van der Waals surface area contributed by atoms with Gasteiger partial charge in [-0.1, -0.05) is 17.0 Å². The third kappa shape index (κ3) is 5.93. The first-order valence-corrected chi connectivity index (χ1v) is 9.03. The van der Waals surface area contributed by atoms with E-state index in [-0.39, 0.29) is 5.69 Å². The minimum absolute atomic E-state index is 0.225. The summed E-state index contributed by atoms with van der Waals surface area (Å²) in [7, 11) is 0.500. The van der Waals surface area contributed by atoms with Gasteiger partial charge in [-0.05, 0) is 32.0 Å². The Morgan fingerprint density at radius 1 is 1.37 bits per heavy atom. The van der Waals surface area contributed by atoms with Crippen LogP contribution in [0.25, 0.3) is 11.4 Å². The maximum Gasteiger partial charge on any atom is 0.268 e. The van der Waals surface area contributed by atoms with E-state index in [1.807, 2.05) is 29.7 Å². The molecule has 0 saturated heterocycles. The molecule has 1 amide bonds. The van der Waals surface area contributed by atoms with Gasteiger partial charge in [0.2, 0.25) is 0 Å². The highest BCUT2D eigenvalue weighted by Crippen LogP contribution is 2.32.